The predicted octanol–water partition coefficient (Wildman–Crippen LogP) is 4.87. The lowest BCUT2D eigenvalue weighted by atomic mass is 9.78. The van der Waals surface area contributed by atoms with Gasteiger partial charge in [0.15, 0.2) is 29.2 Å². The third-order valence-electron chi connectivity index (χ3n) is 8.76. The maximum Gasteiger partial charge on any atom is 0.170 e. The Morgan fingerprint density at radius 3 is 2.56 bits per heavy atom. The molecule has 1 aliphatic carbocycles. The number of ketones is 2. The smallest absolute Gasteiger partial charge is 0.170 e. The van der Waals surface area contributed by atoms with Crippen LogP contribution < -0.4 is 10.5 Å². The van der Waals surface area contributed by atoms with Gasteiger partial charge in [-0.05, 0) is 72.6 Å². The van der Waals surface area contributed by atoms with E-state index in [1.807, 2.05) is 18.3 Å². The molecule has 43 heavy (non-hydrogen) atoms. The van der Waals surface area contributed by atoms with Crippen LogP contribution in [0.1, 0.15) is 86.1 Å². The van der Waals surface area contributed by atoms with Crippen LogP contribution in [-0.2, 0) is 22.4 Å². The molecular formula is C34H45N3O6. The molecule has 9 nitrogen and oxygen atoms in total. The molecule has 3 aromatic rings. The molecule has 0 radical (unpaired) electrons. The monoisotopic (exact) mass is 591 g/mol. The number of nitrogen functional groups attached to an aromatic ring is 1. The Bertz CT molecular complexity index is 1340. The SMILES string of the molecule is COc1cc(CCC(=O)[C@H](O)C(=O)CCCC2CCCCC2)cc([C@@H](c2ccnc(N)c2)[C@H](CO)Cc2ccc[nH]2)c1O. The third-order valence-corrected chi connectivity index (χ3v) is 8.76. The molecule has 0 aliphatic heterocycles. The van der Waals surface area contributed by atoms with Gasteiger partial charge in [0, 0.05) is 49.0 Å². The largest absolute Gasteiger partial charge is 0.504 e. The molecule has 2 aromatic heterocycles. The maximum absolute atomic E-state index is 12.8. The number of phenols is 1. The fraction of sp³-hybridized carbons (Fsp3) is 0.500. The van der Waals surface area contributed by atoms with Gasteiger partial charge >= 0.3 is 0 Å². The van der Waals surface area contributed by atoms with Crippen molar-refractivity contribution in [2.45, 2.75) is 82.7 Å². The van der Waals surface area contributed by atoms with Gasteiger partial charge in [0.25, 0.3) is 0 Å². The van der Waals surface area contributed by atoms with E-state index in [-0.39, 0.29) is 43.3 Å². The standard InChI is InChI=1S/C34H45N3O6/c1-43-30-18-23(12-13-29(40)34(42)28(39)11-5-9-22-7-3-2-4-8-22)17-27(33(30)41)32(24-14-16-37-31(35)20-24)25(21-38)19-26-10-6-15-36-26/h6,10,14-18,20,22,25,32,34,36,38,41-42H,2-5,7-9,11-13,19,21H2,1H3,(H2,35,37)/t25-,32-,34+/m0/s1. The first-order valence-corrected chi connectivity index (χ1v) is 15.4. The Hall–Kier alpha value is -3.69. The van der Waals surface area contributed by atoms with Crippen LogP contribution in [0.5, 0.6) is 11.5 Å². The number of hydrogen-bond donors (Lipinski definition) is 5. The number of aromatic amines is 1. The minimum Gasteiger partial charge on any atom is -0.504 e. The molecular weight excluding hydrogens is 546 g/mol. The van der Waals surface area contributed by atoms with Crippen molar-refractivity contribution in [3.05, 3.63) is 71.2 Å². The number of anilines is 1. The zero-order valence-corrected chi connectivity index (χ0v) is 25.0. The van der Waals surface area contributed by atoms with Crippen molar-refractivity contribution >= 4 is 17.4 Å². The molecule has 0 saturated heterocycles. The first kappa shape index (κ1) is 32.2. The topological polar surface area (TPSA) is 159 Å². The number of aliphatic hydroxyl groups excluding tert-OH is 2. The summed E-state index contributed by atoms with van der Waals surface area (Å²) in [5.41, 5.74) is 8.92. The first-order valence-electron chi connectivity index (χ1n) is 15.4. The van der Waals surface area contributed by atoms with E-state index in [0.717, 1.165) is 17.7 Å². The number of ether oxygens (including phenoxy) is 1. The molecule has 1 aliphatic rings. The predicted molar refractivity (Wildman–Crippen MR) is 165 cm³/mol. The van der Waals surface area contributed by atoms with Crippen molar-refractivity contribution in [3.8, 4) is 11.5 Å². The molecule has 1 saturated carbocycles. The van der Waals surface area contributed by atoms with Gasteiger partial charge in [-0.25, -0.2) is 4.98 Å². The van der Waals surface area contributed by atoms with Crippen LogP contribution in [0.15, 0.2) is 48.8 Å². The number of rotatable bonds is 16. The Balaban J connectivity index is 1.51. The number of aromatic nitrogens is 2. The zero-order valence-electron chi connectivity index (χ0n) is 25.0. The molecule has 1 fully saturated rings. The minimum atomic E-state index is -1.63. The Morgan fingerprint density at radius 1 is 1.12 bits per heavy atom. The van der Waals surface area contributed by atoms with Crippen LogP contribution in [0.25, 0.3) is 0 Å². The molecule has 0 spiro atoms. The summed E-state index contributed by atoms with van der Waals surface area (Å²) in [7, 11) is 1.45. The minimum absolute atomic E-state index is 0.0400. The van der Waals surface area contributed by atoms with Crippen LogP contribution in [0.4, 0.5) is 5.82 Å². The summed E-state index contributed by atoms with van der Waals surface area (Å²) in [6, 6.07) is 10.8. The second-order valence-corrected chi connectivity index (χ2v) is 11.8. The molecule has 1 aromatic carbocycles. The van der Waals surface area contributed by atoms with E-state index in [9.17, 15) is 24.9 Å². The molecule has 0 bridgehead atoms. The number of aliphatic hydroxyl groups is 2. The van der Waals surface area contributed by atoms with Crippen LogP contribution in [0.3, 0.4) is 0 Å². The van der Waals surface area contributed by atoms with Gasteiger partial charge in [-0.2, -0.15) is 0 Å². The van der Waals surface area contributed by atoms with Gasteiger partial charge in [-0.15, -0.1) is 0 Å². The summed E-state index contributed by atoms with van der Waals surface area (Å²) < 4.78 is 5.50. The number of H-pyrrole nitrogens is 1. The van der Waals surface area contributed by atoms with Crippen LogP contribution in [-0.4, -0.2) is 56.7 Å². The van der Waals surface area contributed by atoms with Gasteiger partial charge in [-0.3, -0.25) is 9.59 Å². The van der Waals surface area contributed by atoms with Gasteiger partial charge < -0.3 is 30.8 Å². The molecule has 9 heteroatoms. The zero-order chi connectivity index (χ0) is 30.8. The number of hydrogen-bond acceptors (Lipinski definition) is 8. The van der Waals surface area contributed by atoms with E-state index in [2.05, 4.69) is 9.97 Å². The molecule has 0 amide bonds. The number of phenolic OH excluding ortho intramolecular Hbond substituents is 1. The summed E-state index contributed by atoms with van der Waals surface area (Å²) in [5, 5.41) is 32.3. The first-order chi connectivity index (χ1) is 20.8. The van der Waals surface area contributed by atoms with E-state index < -0.39 is 23.6 Å². The van der Waals surface area contributed by atoms with Gasteiger partial charge in [0.2, 0.25) is 0 Å². The van der Waals surface area contributed by atoms with Crippen molar-refractivity contribution in [1.82, 2.24) is 9.97 Å². The van der Waals surface area contributed by atoms with Crippen molar-refractivity contribution in [2.24, 2.45) is 11.8 Å². The number of Topliss-reactive ketones (excluding diaryl/α,β-unsaturated/α-hetero) is 2. The normalized spacial score (nSPS) is 16.0. The molecule has 4 rings (SSSR count). The van der Waals surface area contributed by atoms with Crippen LogP contribution >= 0.6 is 0 Å². The number of nitrogens with one attached hydrogen (secondary N) is 1. The van der Waals surface area contributed by atoms with Gasteiger partial charge in [0.1, 0.15) is 5.82 Å². The van der Waals surface area contributed by atoms with E-state index in [1.165, 1.54) is 39.2 Å². The highest BCUT2D eigenvalue weighted by Crippen LogP contribution is 2.43. The number of carbonyl (C=O) groups excluding carboxylic acids is 2. The third kappa shape index (κ3) is 8.67. The number of carbonyl (C=O) groups is 2. The fourth-order valence-corrected chi connectivity index (χ4v) is 6.42. The lowest BCUT2D eigenvalue weighted by Crippen LogP contribution is -2.30. The number of nitrogens with two attached hydrogens (primary N) is 1. The average molecular weight is 592 g/mol. The highest BCUT2D eigenvalue weighted by molar-refractivity contribution is 6.05. The van der Waals surface area contributed by atoms with Crippen molar-refractivity contribution in [2.75, 3.05) is 19.5 Å². The quantitative estimate of drug-likeness (QED) is 0.148. The van der Waals surface area contributed by atoms with E-state index in [1.54, 1.807) is 30.5 Å². The molecule has 232 valence electrons. The summed E-state index contributed by atoms with van der Waals surface area (Å²) in [6.07, 6.45) is 10.5. The number of aromatic hydroxyl groups is 1. The second kappa shape index (κ2) is 15.7. The maximum atomic E-state index is 12.8. The summed E-state index contributed by atoms with van der Waals surface area (Å²) in [5.74, 6) is -0.664. The van der Waals surface area contributed by atoms with E-state index in [0.29, 0.717) is 35.7 Å². The van der Waals surface area contributed by atoms with Crippen molar-refractivity contribution in [1.29, 1.82) is 0 Å². The molecule has 0 unspecified atom stereocenters. The molecule has 2 heterocycles. The van der Waals surface area contributed by atoms with E-state index in [4.69, 9.17) is 10.5 Å². The summed E-state index contributed by atoms with van der Waals surface area (Å²) in [4.78, 5) is 32.7. The Labute approximate surface area is 253 Å². The number of pyridine rings is 1. The molecule has 3 atom stereocenters. The number of benzene rings is 1. The van der Waals surface area contributed by atoms with Crippen LogP contribution in [0.2, 0.25) is 0 Å². The number of aryl methyl sites for hydroxylation is 1. The highest BCUT2D eigenvalue weighted by atomic mass is 16.5. The number of nitrogens with zero attached hydrogens (tertiary/aromatic N) is 1. The fourth-order valence-electron chi connectivity index (χ4n) is 6.42. The average Bonchev–Trinajstić information content (AvgIpc) is 3.54. The second-order valence-electron chi connectivity index (χ2n) is 11.8. The van der Waals surface area contributed by atoms with Crippen molar-refractivity contribution in [3.63, 3.8) is 0 Å². The van der Waals surface area contributed by atoms with Gasteiger partial charge in [0.05, 0.1) is 7.11 Å². The number of methoxy groups -OCH3 is 1. The van der Waals surface area contributed by atoms with Gasteiger partial charge in [-0.1, -0.05) is 44.6 Å². The Morgan fingerprint density at radius 2 is 1.88 bits per heavy atom. The highest BCUT2D eigenvalue weighted by Gasteiger charge is 2.30. The lowest BCUT2D eigenvalue weighted by Gasteiger charge is -2.28. The van der Waals surface area contributed by atoms with E-state index >= 15 is 0 Å². The lowest BCUT2D eigenvalue weighted by molar-refractivity contribution is -0.138. The Kier molecular flexibility index (Phi) is 11.8. The van der Waals surface area contributed by atoms with Crippen LogP contribution in [0, 0.1) is 11.8 Å². The van der Waals surface area contributed by atoms with Crippen molar-refractivity contribution < 1.29 is 29.6 Å². The molecule has 6 N–H and O–H groups in total. The summed E-state index contributed by atoms with van der Waals surface area (Å²) in [6.45, 7) is -0.175. The summed E-state index contributed by atoms with van der Waals surface area (Å²) >= 11 is 0.